The lowest BCUT2D eigenvalue weighted by Gasteiger charge is -2.61. The number of hydrogen-bond donors (Lipinski definition) is 0. The standard InChI is InChI=1S/C29H45NO4/c1-17-9-11-30(12-10-17)16-26(32)34-25-15-29(4)21(18(2)31)7-8-22(29)20-6-5-19-13-23-24(33-23)14-28(19,3)27(20)25/h17,19-25,27H,5-16H2,1-4H3/t19-,20-,21+,22-,23-,24+,25-,27+,28-,29+/m0/s1. The first-order valence-corrected chi connectivity index (χ1v) is 14.3. The number of carbonyl (C=O) groups excluding carboxylic acids is 2. The molecule has 4 aliphatic carbocycles. The van der Waals surface area contributed by atoms with Crippen molar-refractivity contribution in [2.45, 2.75) is 104 Å². The summed E-state index contributed by atoms with van der Waals surface area (Å²) in [4.78, 5) is 28.3. The minimum Gasteiger partial charge on any atom is -0.461 e. The first-order valence-electron chi connectivity index (χ1n) is 14.3. The Kier molecular flexibility index (Phi) is 5.72. The number of nitrogens with zero attached hydrogens (tertiary/aromatic N) is 1. The van der Waals surface area contributed by atoms with Crippen LogP contribution in [0.4, 0.5) is 0 Å². The molecule has 2 heterocycles. The molecule has 6 fully saturated rings. The maximum Gasteiger partial charge on any atom is 0.320 e. The van der Waals surface area contributed by atoms with Gasteiger partial charge in [0.1, 0.15) is 11.9 Å². The van der Waals surface area contributed by atoms with Gasteiger partial charge in [0, 0.05) is 11.8 Å². The summed E-state index contributed by atoms with van der Waals surface area (Å²) in [5.41, 5.74) is 0.150. The number of ether oxygens (including phenoxy) is 2. The van der Waals surface area contributed by atoms with Crippen molar-refractivity contribution in [3.8, 4) is 0 Å². The number of likely N-dealkylation sites (tertiary alicyclic amines) is 1. The number of epoxide rings is 1. The molecule has 2 aliphatic heterocycles. The van der Waals surface area contributed by atoms with Gasteiger partial charge in [-0.25, -0.2) is 0 Å². The van der Waals surface area contributed by atoms with E-state index in [1.165, 1.54) is 32.1 Å². The summed E-state index contributed by atoms with van der Waals surface area (Å²) in [5, 5.41) is 0. The SMILES string of the molecule is CC(=O)[C@H]1CC[C@H]2[C@@H]3CC[C@H]4C[C@@H]5O[C@@H]5C[C@]4(C)[C@H]3[C@@H](OC(=O)CN3CCC(C)CC3)C[C@]12C. The minimum atomic E-state index is -0.0643. The minimum absolute atomic E-state index is 0.0328. The first kappa shape index (κ1) is 23.5. The van der Waals surface area contributed by atoms with Crippen LogP contribution in [0.2, 0.25) is 0 Å². The van der Waals surface area contributed by atoms with Crippen molar-refractivity contribution >= 4 is 11.8 Å². The third-order valence-corrected chi connectivity index (χ3v) is 11.8. The Hall–Kier alpha value is -0.940. The van der Waals surface area contributed by atoms with Gasteiger partial charge in [-0.05, 0) is 112 Å². The highest BCUT2D eigenvalue weighted by Gasteiger charge is 2.67. The quantitative estimate of drug-likeness (QED) is 0.433. The lowest BCUT2D eigenvalue weighted by atomic mass is 9.44. The molecule has 0 aromatic heterocycles. The fraction of sp³-hybridized carbons (Fsp3) is 0.931. The van der Waals surface area contributed by atoms with Crippen molar-refractivity contribution in [1.29, 1.82) is 0 Å². The van der Waals surface area contributed by atoms with Gasteiger partial charge in [0.15, 0.2) is 0 Å². The zero-order chi connectivity index (χ0) is 23.8. The molecule has 0 aromatic rings. The zero-order valence-electron chi connectivity index (χ0n) is 21.8. The molecular formula is C29H45NO4. The number of ketones is 1. The van der Waals surface area contributed by atoms with Crippen molar-refractivity contribution in [3.63, 3.8) is 0 Å². The Labute approximate surface area is 205 Å². The number of piperidine rings is 1. The van der Waals surface area contributed by atoms with Crippen LogP contribution in [-0.4, -0.2) is 54.6 Å². The monoisotopic (exact) mass is 471 g/mol. The van der Waals surface area contributed by atoms with E-state index in [9.17, 15) is 9.59 Å². The molecule has 34 heavy (non-hydrogen) atoms. The summed E-state index contributed by atoms with van der Waals surface area (Å²) >= 11 is 0. The molecule has 0 radical (unpaired) electrons. The molecule has 190 valence electrons. The van der Waals surface area contributed by atoms with E-state index in [0.29, 0.717) is 48.2 Å². The smallest absolute Gasteiger partial charge is 0.320 e. The number of carbonyl (C=O) groups is 2. The van der Waals surface area contributed by atoms with E-state index in [-0.39, 0.29) is 28.8 Å². The fourth-order valence-electron chi connectivity index (χ4n) is 10.00. The number of hydrogen-bond acceptors (Lipinski definition) is 5. The lowest BCUT2D eigenvalue weighted by Crippen LogP contribution is -2.60. The van der Waals surface area contributed by atoms with Crippen LogP contribution in [0.3, 0.4) is 0 Å². The van der Waals surface area contributed by atoms with E-state index in [1.807, 2.05) is 0 Å². The summed E-state index contributed by atoms with van der Waals surface area (Å²) in [5.74, 6) is 3.41. The van der Waals surface area contributed by atoms with E-state index in [1.54, 1.807) is 6.92 Å². The third kappa shape index (κ3) is 3.70. The summed E-state index contributed by atoms with van der Waals surface area (Å²) in [6.07, 6.45) is 11.0. The van der Waals surface area contributed by atoms with Gasteiger partial charge < -0.3 is 9.47 Å². The maximum absolute atomic E-state index is 13.3. The van der Waals surface area contributed by atoms with E-state index in [0.717, 1.165) is 44.7 Å². The summed E-state index contributed by atoms with van der Waals surface area (Å²) < 4.78 is 12.6. The summed E-state index contributed by atoms with van der Waals surface area (Å²) in [7, 11) is 0. The molecule has 2 saturated heterocycles. The number of fused-ring (bicyclic) bond motifs is 6. The number of esters is 1. The molecule has 0 aromatic carbocycles. The molecule has 6 aliphatic rings. The van der Waals surface area contributed by atoms with E-state index in [4.69, 9.17) is 9.47 Å². The number of Topliss-reactive ketones (excluding diaryl/α,β-unsaturated/α-hetero) is 1. The molecule has 0 unspecified atom stereocenters. The van der Waals surface area contributed by atoms with Gasteiger partial charge in [0.25, 0.3) is 0 Å². The second kappa shape index (κ2) is 8.30. The summed E-state index contributed by atoms with van der Waals surface area (Å²) in [6, 6.07) is 0. The molecule has 4 saturated carbocycles. The van der Waals surface area contributed by atoms with Gasteiger partial charge in [-0.1, -0.05) is 20.8 Å². The zero-order valence-corrected chi connectivity index (χ0v) is 21.8. The maximum atomic E-state index is 13.3. The Morgan fingerprint density at radius 2 is 1.74 bits per heavy atom. The highest BCUT2D eigenvalue weighted by molar-refractivity contribution is 5.79. The van der Waals surface area contributed by atoms with Gasteiger partial charge in [-0.15, -0.1) is 0 Å². The van der Waals surface area contributed by atoms with Gasteiger partial charge in [0.2, 0.25) is 0 Å². The van der Waals surface area contributed by atoms with Crippen LogP contribution in [0.1, 0.15) is 85.5 Å². The van der Waals surface area contributed by atoms with Crippen LogP contribution in [0.25, 0.3) is 0 Å². The first-order chi connectivity index (χ1) is 16.2. The molecule has 0 spiro atoms. The van der Waals surface area contributed by atoms with Crippen LogP contribution in [0.15, 0.2) is 0 Å². The van der Waals surface area contributed by atoms with E-state index >= 15 is 0 Å². The van der Waals surface area contributed by atoms with Crippen molar-refractivity contribution in [2.75, 3.05) is 19.6 Å². The second-order valence-electron chi connectivity index (χ2n) is 13.7. The van der Waals surface area contributed by atoms with Crippen molar-refractivity contribution in [1.82, 2.24) is 4.90 Å². The topological polar surface area (TPSA) is 59.1 Å². The molecule has 0 N–H and O–H groups in total. The summed E-state index contributed by atoms with van der Waals surface area (Å²) in [6.45, 7) is 11.4. The lowest BCUT2D eigenvalue weighted by molar-refractivity contribution is -0.194. The van der Waals surface area contributed by atoms with Crippen LogP contribution in [0, 0.1) is 46.3 Å². The molecule has 6 rings (SSSR count). The molecular weight excluding hydrogens is 426 g/mol. The highest BCUT2D eigenvalue weighted by atomic mass is 16.6. The normalized spacial score (nSPS) is 50.5. The molecule has 0 bridgehead atoms. The predicted molar refractivity (Wildman–Crippen MR) is 130 cm³/mol. The number of rotatable bonds is 4. The van der Waals surface area contributed by atoms with Crippen LogP contribution >= 0.6 is 0 Å². The Bertz CT molecular complexity index is 836. The fourth-order valence-corrected chi connectivity index (χ4v) is 10.00. The van der Waals surface area contributed by atoms with E-state index < -0.39 is 0 Å². The Morgan fingerprint density at radius 1 is 0.971 bits per heavy atom. The van der Waals surface area contributed by atoms with Crippen molar-refractivity contribution in [3.05, 3.63) is 0 Å². The van der Waals surface area contributed by atoms with Crippen molar-refractivity contribution < 1.29 is 19.1 Å². The van der Waals surface area contributed by atoms with Crippen LogP contribution in [-0.2, 0) is 19.1 Å². The van der Waals surface area contributed by atoms with E-state index in [2.05, 4.69) is 25.7 Å². The van der Waals surface area contributed by atoms with Crippen LogP contribution in [0.5, 0.6) is 0 Å². The van der Waals surface area contributed by atoms with Gasteiger partial charge in [-0.2, -0.15) is 0 Å². The van der Waals surface area contributed by atoms with Gasteiger partial charge in [0.05, 0.1) is 18.8 Å². The largest absolute Gasteiger partial charge is 0.461 e. The highest BCUT2D eigenvalue weighted by Crippen LogP contribution is 2.69. The predicted octanol–water partition coefficient (Wildman–Crippen LogP) is 4.87. The Balaban J connectivity index is 1.27. The Morgan fingerprint density at radius 3 is 2.47 bits per heavy atom. The second-order valence-corrected chi connectivity index (χ2v) is 13.7. The molecule has 5 heteroatoms. The average Bonchev–Trinajstić information content (AvgIpc) is 3.41. The average molecular weight is 472 g/mol. The van der Waals surface area contributed by atoms with Gasteiger partial charge >= 0.3 is 5.97 Å². The van der Waals surface area contributed by atoms with Crippen molar-refractivity contribution in [2.24, 2.45) is 46.3 Å². The third-order valence-electron chi connectivity index (χ3n) is 11.8. The van der Waals surface area contributed by atoms with Gasteiger partial charge in [-0.3, -0.25) is 14.5 Å². The molecule has 5 nitrogen and oxygen atoms in total. The molecule has 10 atom stereocenters. The molecule has 0 amide bonds. The van der Waals surface area contributed by atoms with Crippen LogP contribution < -0.4 is 0 Å².